The summed E-state index contributed by atoms with van der Waals surface area (Å²) in [6, 6.07) is 9.65. The van der Waals surface area contributed by atoms with Gasteiger partial charge in [-0.25, -0.2) is 0 Å². The molecule has 0 radical (unpaired) electrons. The predicted octanol–water partition coefficient (Wildman–Crippen LogP) is 3.76. The summed E-state index contributed by atoms with van der Waals surface area (Å²) in [6.45, 7) is 8.15. The van der Waals surface area contributed by atoms with Gasteiger partial charge in [-0.15, -0.1) is 6.58 Å². The van der Waals surface area contributed by atoms with Crippen LogP contribution in [0.15, 0.2) is 43.0 Å². The maximum absolute atomic E-state index is 5.78. The molecule has 0 aliphatic heterocycles. The molecule has 0 aromatic heterocycles. The van der Waals surface area contributed by atoms with E-state index in [0.717, 1.165) is 18.6 Å². The molecule has 3 nitrogen and oxygen atoms in total. The summed E-state index contributed by atoms with van der Waals surface area (Å²) in [5.74, 6) is 0.801. The van der Waals surface area contributed by atoms with Crippen molar-refractivity contribution >= 4 is 0 Å². The molecule has 1 rings (SSSR count). The second-order valence-electron chi connectivity index (χ2n) is 3.89. The van der Waals surface area contributed by atoms with Crippen molar-refractivity contribution < 1.29 is 14.2 Å². The van der Waals surface area contributed by atoms with Crippen molar-refractivity contribution in [2.45, 2.75) is 39.3 Å². The Morgan fingerprint density at radius 2 is 2.00 bits per heavy atom. The summed E-state index contributed by atoms with van der Waals surface area (Å²) in [5, 5.41) is 0. The average molecular weight is 250 g/mol. The second kappa shape index (κ2) is 8.72. The fraction of sp³-hybridized carbons (Fsp3) is 0.467. The molecule has 0 aliphatic rings. The van der Waals surface area contributed by atoms with E-state index in [0.29, 0.717) is 6.61 Å². The van der Waals surface area contributed by atoms with Crippen LogP contribution in [0, 0.1) is 0 Å². The molecule has 0 amide bonds. The van der Waals surface area contributed by atoms with Gasteiger partial charge in [-0.3, -0.25) is 0 Å². The van der Waals surface area contributed by atoms with Crippen LogP contribution < -0.4 is 4.74 Å². The molecule has 0 bridgehead atoms. The van der Waals surface area contributed by atoms with E-state index in [1.165, 1.54) is 0 Å². The van der Waals surface area contributed by atoms with Gasteiger partial charge >= 0.3 is 0 Å². The smallest absolute Gasteiger partial charge is 0.202 e. The maximum Gasteiger partial charge on any atom is 0.202 e. The standard InChI is InChI=1S/C15H22O3/c1-4-6-12-15(17-13(3)16-5-2)18-14-10-8-7-9-11-14/h4,7-11,13,15H,1,5-6,12H2,2-3H3. The van der Waals surface area contributed by atoms with Crippen LogP contribution in [0.25, 0.3) is 0 Å². The van der Waals surface area contributed by atoms with Crippen LogP contribution in [0.4, 0.5) is 0 Å². The number of hydrogen-bond acceptors (Lipinski definition) is 3. The Balaban J connectivity index is 2.51. The first-order valence-electron chi connectivity index (χ1n) is 6.36. The molecule has 0 aliphatic carbocycles. The molecule has 0 fully saturated rings. The maximum atomic E-state index is 5.78. The van der Waals surface area contributed by atoms with E-state index >= 15 is 0 Å². The number of allylic oxidation sites excluding steroid dienone is 1. The van der Waals surface area contributed by atoms with Crippen molar-refractivity contribution in [3.8, 4) is 5.75 Å². The molecule has 2 unspecified atom stereocenters. The van der Waals surface area contributed by atoms with Crippen LogP contribution in [0.1, 0.15) is 26.7 Å². The lowest BCUT2D eigenvalue weighted by Crippen LogP contribution is -2.27. The first kappa shape index (κ1) is 14.7. The molecule has 1 aromatic carbocycles. The van der Waals surface area contributed by atoms with Crippen molar-refractivity contribution in [3.63, 3.8) is 0 Å². The summed E-state index contributed by atoms with van der Waals surface area (Å²) in [5.41, 5.74) is 0. The summed E-state index contributed by atoms with van der Waals surface area (Å²) >= 11 is 0. The van der Waals surface area contributed by atoms with E-state index in [4.69, 9.17) is 14.2 Å². The summed E-state index contributed by atoms with van der Waals surface area (Å²) < 4.78 is 16.9. The molecule has 18 heavy (non-hydrogen) atoms. The Kier molecular flexibility index (Phi) is 7.14. The van der Waals surface area contributed by atoms with Gasteiger partial charge in [0.05, 0.1) is 0 Å². The third-order valence-corrected chi connectivity index (χ3v) is 2.36. The number of rotatable bonds is 9. The lowest BCUT2D eigenvalue weighted by atomic mass is 10.3. The van der Waals surface area contributed by atoms with Crippen LogP contribution >= 0.6 is 0 Å². The topological polar surface area (TPSA) is 27.7 Å². The molecule has 2 atom stereocenters. The minimum absolute atomic E-state index is 0.270. The molecule has 0 saturated heterocycles. The van der Waals surface area contributed by atoms with Gasteiger partial charge in [-0.05, 0) is 32.4 Å². The van der Waals surface area contributed by atoms with E-state index in [1.807, 2.05) is 50.3 Å². The summed E-state index contributed by atoms with van der Waals surface area (Å²) in [6.07, 6.45) is 2.88. The van der Waals surface area contributed by atoms with Gasteiger partial charge in [0.1, 0.15) is 5.75 Å². The normalized spacial score (nSPS) is 13.9. The quantitative estimate of drug-likeness (QED) is 0.493. The Labute approximate surface area is 109 Å². The minimum Gasteiger partial charge on any atom is -0.465 e. The van der Waals surface area contributed by atoms with Crippen molar-refractivity contribution in [3.05, 3.63) is 43.0 Å². The van der Waals surface area contributed by atoms with Crippen LogP contribution in [0.3, 0.4) is 0 Å². The molecule has 3 heteroatoms. The monoisotopic (exact) mass is 250 g/mol. The van der Waals surface area contributed by atoms with Crippen LogP contribution in [-0.4, -0.2) is 19.2 Å². The number of para-hydroxylation sites is 1. The van der Waals surface area contributed by atoms with Crippen LogP contribution in [-0.2, 0) is 9.47 Å². The van der Waals surface area contributed by atoms with Gasteiger partial charge in [0.2, 0.25) is 6.29 Å². The highest BCUT2D eigenvalue weighted by atomic mass is 16.8. The fourth-order valence-corrected chi connectivity index (χ4v) is 1.55. The Morgan fingerprint density at radius 3 is 2.61 bits per heavy atom. The highest BCUT2D eigenvalue weighted by molar-refractivity contribution is 5.21. The van der Waals surface area contributed by atoms with Crippen molar-refractivity contribution in [1.82, 2.24) is 0 Å². The molecular weight excluding hydrogens is 228 g/mol. The molecule has 100 valence electrons. The molecule has 0 saturated carbocycles. The van der Waals surface area contributed by atoms with E-state index in [2.05, 4.69) is 6.58 Å². The fourth-order valence-electron chi connectivity index (χ4n) is 1.55. The van der Waals surface area contributed by atoms with Crippen molar-refractivity contribution in [1.29, 1.82) is 0 Å². The highest BCUT2D eigenvalue weighted by Crippen LogP contribution is 2.16. The van der Waals surface area contributed by atoms with Crippen molar-refractivity contribution in [2.24, 2.45) is 0 Å². The van der Waals surface area contributed by atoms with Gasteiger partial charge in [0.15, 0.2) is 6.29 Å². The number of hydrogen-bond donors (Lipinski definition) is 0. The first-order chi connectivity index (χ1) is 8.76. The Hall–Kier alpha value is -1.32. The Bertz CT molecular complexity index is 324. The molecule has 0 spiro atoms. The zero-order valence-electron chi connectivity index (χ0n) is 11.2. The third kappa shape index (κ3) is 5.84. The lowest BCUT2D eigenvalue weighted by molar-refractivity contribution is -0.210. The number of ether oxygens (including phenoxy) is 3. The van der Waals surface area contributed by atoms with E-state index in [9.17, 15) is 0 Å². The van der Waals surface area contributed by atoms with Gasteiger partial charge in [0.25, 0.3) is 0 Å². The largest absolute Gasteiger partial charge is 0.465 e. The van der Waals surface area contributed by atoms with Gasteiger partial charge < -0.3 is 14.2 Å². The van der Waals surface area contributed by atoms with Crippen LogP contribution in [0.5, 0.6) is 5.75 Å². The predicted molar refractivity (Wildman–Crippen MR) is 72.5 cm³/mol. The lowest BCUT2D eigenvalue weighted by Gasteiger charge is -2.23. The van der Waals surface area contributed by atoms with E-state index in [1.54, 1.807) is 0 Å². The number of benzene rings is 1. The zero-order valence-corrected chi connectivity index (χ0v) is 11.2. The van der Waals surface area contributed by atoms with Crippen molar-refractivity contribution in [2.75, 3.05) is 6.61 Å². The van der Waals surface area contributed by atoms with Crippen LogP contribution in [0.2, 0.25) is 0 Å². The molecular formula is C15H22O3. The average Bonchev–Trinajstić information content (AvgIpc) is 2.37. The second-order valence-corrected chi connectivity index (χ2v) is 3.89. The summed E-state index contributed by atoms with van der Waals surface area (Å²) in [4.78, 5) is 0. The molecule has 0 heterocycles. The highest BCUT2D eigenvalue weighted by Gasteiger charge is 2.14. The van der Waals surface area contributed by atoms with Gasteiger partial charge in [-0.2, -0.15) is 0 Å². The SMILES string of the molecule is C=CCCC(Oc1ccccc1)OC(C)OCC. The van der Waals surface area contributed by atoms with Gasteiger partial charge in [-0.1, -0.05) is 24.3 Å². The Morgan fingerprint density at radius 1 is 1.28 bits per heavy atom. The van der Waals surface area contributed by atoms with Gasteiger partial charge in [0, 0.05) is 13.0 Å². The van der Waals surface area contributed by atoms with E-state index in [-0.39, 0.29) is 12.6 Å². The summed E-state index contributed by atoms with van der Waals surface area (Å²) in [7, 11) is 0. The third-order valence-electron chi connectivity index (χ3n) is 2.36. The van der Waals surface area contributed by atoms with E-state index < -0.39 is 0 Å². The molecule has 0 N–H and O–H groups in total. The molecule has 1 aromatic rings. The first-order valence-corrected chi connectivity index (χ1v) is 6.36. The minimum atomic E-state index is -0.313. The zero-order chi connectivity index (χ0) is 13.2.